The molecule has 1 fully saturated rings. The van der Waals surface area contributed by atoms with E-state index in [1.165, 1.54) is 6.92 Å². The minimum absolute atomic E-state index is 0.169. The van der Waals surface area contributed by atoms with Crippen LogP contribution < -0.4 is 0 Å². The molecule has 0 aromatic rings. The summed E-state index contributed by atoms with van der Waals surface area (Å²) in [5.74, 6) is -0.325. The van der Waals surface area contributed by atoms with E-state index in [9.17, 15) is 18.3 Å². The smallest absolute Gasteiger partial charge is 0.240 e. The van der Waals surface area contributed by atoms with Crippen molar-refractivity contribution >= 4 is 15.7 Å². The maximum Gasteiger partial charge on any atom is 0.240 e. The normalized spacial score (nSPS) is 21.1. The molecule has 1 saturated heterocycles. The fraction of sp³-hybridized carbons (Fsp3) is 0.929. The van der Waals surface area contributed by atoms with Gasteiger partial charge < -0.3 is 10.0 Å². The molecule has 1 aliphatic heterocycles. The van der Waals surface area contributed by atoms with E-state index in [1.54, 1.807) is 4.90 Å². The van der Waals surface area contributed by atoms with Gasteiger partial charge in [-0.15, -0.1) is 0 Å². The van der Waals surface area contributed by atoms with Crippen molar-refractivity contribution in [3.8, 4) is 0 Å². The maximum absolute atomic E-state index is 12.1. The summed E-state index contributed by atoms with van der Waals surface area (Å²) in [4.78, 5) is 15.8. The molecular formula is C14H28N2O4S. The predicted molar refractivity (Wildman–Crippen MR) is 82.8 cm³/mol. The van der Waals surface area contributed by atoms with E-state index < -0.39 is 21.2 Å². The van der Waals surface area contributed by atoms with Crippen LogP contribution >= 0.6 is 0 Å². The Hall–Kier alpha value is -0.660. The number of sulfone groups is 1. The molecule has 124 valence electrons. The first kappa shape index (κ1) is 18.4. The Bertz CT molecular complexity index is 462. The summed E-state index contributed by atoms with van der Waals surface area (Å²) < 4.78 is 22.9. The Morgan fingerprint density at radius 1 is 1.19 bits per heavy atom. The second-order valence-corrected chi connectivity index (χ2v) is 9.35. The number of nitrogens with zero attached hydrogens (tertiary/aromatic N) is 2. The van der Waals surface area contributed by atoms with Crippen molar-refractivity contribution in [1.82, 2.24) is 9.80 Å². The number of piperazine rings is 1. The molecule has 0 bridgehead atoms. The van der Waals surface area contributed by atoms with Crippen LogP contribution in [0.4, 0.5) is 0 Å². The first-order valence-electron chi connectivity index (χ1n) is 7.31. The van der Waals surface area contributed by atoms with E-state index in [-0.39, 0.29) is 11.3 Å². The zero-order valence-electron chi connectivity index (χ0n) is 13.7. The molecule has 6 nitrogen and oxygen atoms in total. The van der Waals surface area contributed by atoms with Crippen LogP contribution in [0, 0.1) is 5.41 Å². The van der Waals surface area contributed by atoms with Gasteiger partial charge in [0.05, 0.1) is 6.10 Å². The first-order valence-corrected chi connectivity index (χ1v) is 9.26. The zero-order valence-corrected chi connectivity index (χ0v) is 14.5. The number of hydrogen-bond acceptors (Lipinski definition) is 5. The first-order chi connectivity index (χ1) is 9.43. The van der Waals surface area contributed by atoms with E-state index in [0.29, 0.717) is 32.7 Å². The van der Waals surface area contributed by atoms with Crippen LogP contribution in [-0.2, 0) is 14.6 Å². The van der Waals surface area contributed by atoms with Gasteiger partial charge in [0.1, 0.15) is 5.25 Å². The van der Waals surface area contributed by atoms with Crippen molar-refractivity contribution in [2.24, 2.45) is 5.41 Å². The maximum atomic E-state index is 12.1. The average molecular weight is 320 g/mol. The Morgan fingerprint density at radius 3 is 2.05 bits per heavy atom. The van der Waals surface area contributed by atoms with Crippen molar-refractivity contribution in [2.75, 3.05) is 39.0 Å². The highest BCUT2D eigenvalue weighted by Gasteiger charge is 2.31. The van der Waals surface area contributed by atoms with E-state index in [1.807, 2.05) is 20.8 Å². The second-order valence-electron chi connectivity index (χ2n) is 6.98. The van der Waals surface area contributed by atoms with E-state index in [0.717, 1.165) is 6.26 Å². The van der Waals surface area contributed by atoms with Crippen molar-refractivity contribution < 1.29 is 18.3 Å². The third-order valence-corrected chi connectivity index (χ3v) is 5.59. The molecule has 0 saturated carbocycles. The molecular weight excluding hydrogens is 292 g/mol. The van der Waals surface area contributed by atoms with Gasteiger partial charge in [-0.3, -0.25) is 9.69 Å². The predicted octanol–water partition coefficient (Wildman–Crippen LogP) is -0.0293. The molecule has 1 aliphatic rings. The topological polar surface area (TPSA) is 77.9 Å². The SMILES string of the molecule is CC(C(=O)N1CCN(CC(O)C(C)(C)C)CC1)S(C)(=O)=O. The van der Waals surface area contributed by atoms with Gasteiger partial charge in [0.15, 0.2) is 9.84 Å². The van der Waals surface area contributed by atoms with Gasteiger partial charge in [0.25, 0.3) is 0 Å². The van der Waals surface area contributed by atoms with Gasteiger partial charge in [-0.2, -0.15) is 0 Å². The van der Waals surface area contributed by atoms with E-state index in [2.05, 4.69) is 4.90 Å². The number of rotatable bonds is 4. The molecule has 1 rings (SSSR count). The molecule has 2 atom stereocenters. The molecule has 0 radical (unpaired) electrons. The highest BCUT2D eigenvalue weighted by molar-refractivity contribution is 7.92. The number of carbonyl (C=O) groups excluding carboxylic acids is 1. The average Bonchev–Trinajstić information content (AvgIpc) is 2.35. The van der Waals surface area contributed by atoms with Crippen LogP contribution in [0.3, 0.4) is 0 Å². The lowest BCUT2D eigenvalue weighted by Gasteiger charge is -2.38. The Morgan fingerprint density at radius 2 is 1.67 bits per heavy atom. The lowest BCUT2D eigenvalue weighted by atomic mass is 9.89. The lowest BCUT2D eigenvalue weighted by molar-refractivity contribution is -0.132. The number of amides is 1. The van der Waals surface area contributed by atoms with Crippen LogP contribution in [0.15, 0.2) is 0 Å². The summed E-state index contributed by atoms with van der Waals surface area (Å²) in [6.45, 7) is 10.3. The molecule has 1 N–H and O–H groups in total. The third kappa shape index (κ3) is 5.23. The quantitative estimate of drug-likeness (QED) is 0.787. The van der Waals surface area contributed by atoms with Crippen LogP contribution in [0.5, 0.6) is 0 Å². The summed E-state index contributed by atoms with van der Waals surface area (Å²) in [6, 6.07) is 0. The molecule has 0 aliphatic carbocycles. The molecule has 1 amide bonds. The summed E-state index contributed by atoms with van der Waals surface area (Å²) in [5, 5.41) is 9.12. The summed E-state index contributed by atoms with van der Waals surface area (Å²) >= 11 is 0. The van der Waals surface area contributed by atoms with Crippen molar-refractivity contribution in [3.63, 3.8) is 0 Å². The molecule has 0 aromatic heterocycles. The Labute approximate surface area is 128 Å². The molecule has 0 spiro atoms. The van der Waals surface area contributed by atoms with Gasteiger partial charge in [0.2, 0.25) is 5.91 Å². The highest BCUT2D eigenvalue weighted by Crippen LogP contribution is 2.20. The van der Waals surface area contributed by atoms with Crippen molar-refractivity contribution in [3.05, 3.63) is 0 Å². The number of aliphatic hydroxyl groups is 1. The minimum atomic E-state index is -3.35. The van der Waals surface area contributed by atoms with Crippen LogP contribution in [-0.4, -0.2) is 79.6 Å². The largest absolute Gasteiger partial charge is 0.391 e. The summed E-state index contributed by atoms with van der Waals surface area (Å²) in [5.41, 5.74) is -0.169. The monoisotopic (exact) mass is 320 g/mol. The van der Waals surface area contributed by atoms with Crippen LogP contribution in [0.1, 0.15) is 27.7 Å². The fourth-order valence-electron chi connectivity index (χ4n) is 2.11. The molecule has 0 aromatic carbocycles. The molecule has 2 unspecified atom stereocenters. The lowest BCUT2D eigenvalue weighted by Crippen LogP contribution is -2.54. The Kier molecular flexibility index (Phi) is 5.80. The Balaban J connectivity index is 2.51. The number of hydrogen-bond donors (Lipinski definition) is 1. The summed E-state index contributed by atoms with van der Waals surface area (Å²) in [7, 11) is -3.35. The standard InChI is InChI=1S/C14H28N2O4S/c1-11(21(5,19)20)13(18)16-8-6-15(7-9-16)10-12(17)14(2,3)4/h11-12,17H,6-10H2,1-5H3. The minimum Gasteiger partial charge on any atom is -0.391 e. The molecule has 21 heavy (non-hydrogen) atoms. The van der Waals surface area contributed by atoms with Gasteiger partial charge in [-0.05, 0) is 12.3 Å². The zero-order chi connectivity index (χ0) is 16.4. The van der Waals surface area contributed by atoms with E-state index in [4.69, 9.17) is 0 Å². The van der Waals surface area contributed by atoms with Gasteiger partial charge >= 0.3 is 0 Å². The second kappa shape index (κ2) is 6.62. The highest BCUT2D eigenvalue weighted by atomic mass is 32.2. The fourth-order valence-corrected chi connectivity index (χ4v) is 2.62. The number of β-amino-alcohol motifs (C(OH)–C–C–N with tert-alkyl or cyclic N) is 1. The summed E-state index contributed by atoms with van der Waals surface area (Å²) in [6.07, 6.45) is 0.667. The number of carbonyl (C=O) groups is 1. The molecule has 7 heteroatoms. The van der Waals surface area contributed by atoms with Gasteiger partial charge in [-0.1, -0.05) is 20.8 Å². The molecule has 1 heterocycles. The van der Waals surface area contributed by atoms with Crippen LogP contribution in [0.25, 0.3) is 0 Å². The van der Waals surface area contributed by atoms with Crippen LogP contribution in [0.2, 0.25) is 0 Å². The van der Waals surface area contributed by atoms with Crippen molar-refractivity contribution in [2.45, 2.75) is 39.0 Å². The van der Waals surface area contributed by atoms with Crippen molar-refractivity contribution in [1.29, 1.82) is 0 Å². The third-order valence-electron chi connectivity index (χ3n) is 4.10. The van der Waals surface area contributed by atoms with E-state index >= 15 is 0 Å². The van der Waals surface area contributed by atoms with Gasteiger partial charge in [0, 0.05) is 39.0 Å². The van der Waals surface area contributed by atoms with Gasteiger partial charge in [-0.25, -0.2) is 8.42 Å². The number of aliphatic hydroxyl groups excluding tert-OH is 1.